The summed E-state index contributed by atoms with van der Waals surface area (Å²) in [5.41, 5.74) is 0.749. The third kappa shape index (κ3) is 5.85. The number of hydrogen-bond donors (Lipinski definition) is 1. The largest absolute Gasteiger partial charge is 0.317 e. The van der Waals surface area contributed by atoms with Crippen LogP contribution in [0.5, 0.6) is 0 Å². The van der Waals surface area contributed by atoms with Crippen LogP contribution in [0.2, 0.25) is 0 Å². The van der Waals surface area contributed by atoms with Gasteiger partial charge < -0.3 is 5.32 Å². The quantitative estimate of drug-likeness (QED) is 0.649. The molecular weight excluding hydrogens is 340 g/mol. The molecule has 0 heterocycles. The molecule has 0 aromatic heterocycles. The average Bonchev–Trinajstić information content (AvgIpc) is 2.61. The van der Waals surface area contributed by atoms with Crippen LogP contribution < -0.4 is 5.32 Å². The van der Waals surface area contributed by atoms with E-state index in [1.54, 1.807) is 0 Å². The molecule has 0 aliphatic heterocycles. The van der Waals surface area contributed by atoms with Gasteiger partial charge in [0.25, 0.3) is 5.91 Å². The molecule has 0 unspecified atom stereocenters. The fourth-order valence-electron chi connectivity index (χ4n) is 2.88. The minimum atomic E-state index is -0.957. The molecule has 1 aliphatic rings. The zero-order valence-electron chi connectivity index (χ0n) is 14.4. The molecule has 0 radical (unpaired) electrons. The second kappa shape index (κ2) is 9.56. The number of halogens is 2. The van der Waals surface area contributed by atoms with Gasteiger partial charge in [0.05, 0.1) is 5.03 Å². The minimum Gasteiger partial charge on any atom is -0.317 e. The van der Waals surface area contributed by atoms with E-state index in [-0.39, 0.29) is 11.8 Å². The Balaban J connectivity index is 2.27. The molecule has 0 saturated heterocycles. The number of thioether (sulfide) groups is 1. The van der Waals surface area contributed by atoms with E-state index in [0.717, 1.165) is 37.8 Å². The number of carbonyl (C=O) groups is 1. The Morgan fingerprint density at radius 2 is 1.96 bits per heavy atom. The Morgan fingerprint density at radius 1 is 1.24 bits per heavy atom. The molecule has 0 bridgehead atoms. The van der Waals surface area contributed by atoms with Gasteiger partial charge in [-0.1, -0.05) is 55.8 Å². The number of allylic oxidation sites excluding steroid dienone is 2. The second-order valence-electron chi connectivity index (χ2n) is 6.07. The lowest BCUT2D eigenvalue weighted by Crippen LogP contribution is -2.22. The highest BCUT2D eigenvalue weighted by Gasteiger charge is 2.19. The van der Waals surface area contributed by atoms with E-state index in [1.807, 2.05) is 24.5 Å². The molecule has 1 saturated carbocycles. The van der Waals surface area contributed by atoms with Gasteiger partial charge in [0, 0.05) is 5.57 Å². The van der Waals surface area contributed by atoms with Crippen molar-refractivity contribution >= 4 is 23.2 Å². The number of carbonyl (C=O) groups excluding carboxylic acids is 1. The summed E-state index contributed by atoms with van der Waals surface area (Å²) in [6.07, 6.45) is 9.21. The number of amides is 1. The summed E-state index contributed by atoms with van der Waals surface area (Å²) in [6.45, 7) is 5.68. The lowest BCUT2D eigenvalue weighted by Gasteiger charge is -2.20. The van der Waals surface area contributed by atoms with E-state index < -0.39 is 11.6 Å². The summed E-state index contributed by atoms with van der Waals surface area (Å²) in [5.74, 6) is -1.95. The third-order valence-corrected chi connectivity index (χ3v) is 4.92. The molecule has 5 heteroatoms. The Morgan fingerprint density at radius 3 is 2.60 bits per heavy atom. The number of nitrogens with one attached hydrogen (secondary N) is 1. The van der Waals surface area contributed by atoms with Crippen LogP contribution in [-0.4, -0.2) is 5.91 Å². The first kappa shape index (κ1) is 19.4. The summed E-state index contributed by atoms with van der Waals surface area (Å²) >= 11 is 1.30. The van der Waals surface area contributed by atoms with E-state index in [1.165, 1.54) is 24.2 Å². The Labute approximate surface area is 152 Å². The fourth-order valence-corrected chi connectivity index (χ4v) is 3.33. The molecule has 1 aromatic carbocycles. The summed E-state index contributed by atoms with van der Waals surface area (Å²) in [6, 6.07) is 3.57. The van der Waals surface area contributed by atoms with Crippen molar-refractivity contribution in [3.8, 4) is 0 Å². The minimum absolute atomic E-state index is 0.277. The van der Waals surface area contributed by atoms with Gasteiger partial charge in [-0.05, 0) is 48.8 Å². The van der Waals surface area contributed by atoms with Crippen LogP contribution in [0.4, 0.5) is 8.78 Å². The molecule has 1 aliphatic carbocycles. The first-order valence-corrected chi connectivity index (χ1v) is 9.34. The Hall–Kier alpha value is -1.88. The molecule has 1 fully saturated rings. The van der Waals surface area contributed by atoms with E-state index in [9.17, 15) is 13.6 Å². The van der Waals surface area contributed by atoms with Gasteiger partial charge in [0.1, 0.15) is 0 Å². The van der Waals surface area contributed by atoms with Gasteiger partial charge in [-0.2, -0.15) is 0 Å². The molecule has 0 spiro atoms. The Kier molecular flexibility index (Phi) is 7.44. The standard InChI is InChI=1S/C20H23F2NOS/c1-3-11-25-14(2)23-20(24)17(12-15-7-5-4-6-8-15)16-9-10-18(21)19(22)13-16/h3,9-13,15H,2,4-8H2,1H3,(H,23,24)/b11-3-,17-12+. The van der Waals surface area contributed by atoms with Crippen LogP contribution in [0.25, 0.3) is 5.57 Å². The van der Waals surface area contributed by atoms with Crippen LogP contribution >= 0.6 is 11.8 Å². The molecule has 1 N–H and O–H groups in total. The SMILES string of the molecule is C=C(NC(=O)/C(=C/C1CCCCC1)c1ccc(F)c(F)c1)S/C=C\C. The zero-order chi connectivity index (χ0) is 18.2. The Bertz CT molecular complexity index is 691. The maximum Gasteiger partial charge on any atom is 0.256 e. The van der Waals surface area contributed by atoms with Crippen molar-refractivity contribution in [1.29, 1.82) is 0 Å². The molecule has 2 nitrogen and oxygen atoms in total. The molecule has 25 heavy (non-hydrogen) atoms. The maximum absolute atomic E-state index is 13.6. The van der Waals surface area contributed by atoms with Crippen LogP contribution in [0, 0.1) is 17.6 Å². The number of rotatable bonds is 6. The lowest BCUT2D eigenvalue weighted by atomic mass is 9.86. The third-order valence-electron chi connectivity index (χ3n) is 4.13. The molecule has 0 atom stereocenters. The van der Waals surface area contributed by atoms with E-state index in [2.05, 4.69) is 11.9 Å². The van der Waals surface area contributed by atoms with Gasteiger partial charge in [-0.25, -0.2) is 8.78 Å². The van der Waals surface area contributed by atoms with Gasteiger partial charge in [0.15, 0.2) is 11.6 Å². The molecular formula is C20H23F2NOS. The lowest BCUT2D eigenvalue weighted by molar-refractivity contribution is -0.114. The smallest absolute Gasteiger partial charge is 0.256 e. The highest BCUT2D eigenvalue weighted by Crippen LogP contribution is 2.29. The maximum atomic E-state index is 13.6. The monoisotopic (exact) mass is 363 g/mol. The van der Waals surface area contributed by atoms with Crippen molar-refractivity contribution in [2.24, 2.45) is 5.92 Å². The van der Waals surface area contributed by atoms with Crippen LogP contribution in [0.15, 0.2) is 47.4 Å². The molecule has 2 rings (SSSR count). The fraction of sp³-hybridized carbons (Fsp3) is 0.350. The topological polar surface area (TPSA) is 29.1 Å². The average molecular weight is 363 g/mol. The zero-order valence-corrected chi connectivity index (χ0v) is 15.2. The number of hydrogen-bond acceptors (Lipinski definition) is 2. The highest BCUT2D eigenvalue weighted by molar-refractivity contribution is 8.05. The van der Waals surface area contributed by atoms with E-state index in [0.29, 0.717) is 16.2 Å². The number of benzene rings is 1. The van der Waals surface area contributed by atoms with Crippen molar-refractivity contribution in [3.63, 3.8) is 0 Å². The van der Waals surface area contributed by atoms with Crippen molar-refractivity contribution in [3.05, 3.63) is 64.6 Å². The van der Waals surface area contributed by atoms with Gasteiger partial charge in [0.2, 0.25) is 0 Å². The summed E-state index contributed by atoms with van der Waals surface area (Å²) < 4.78 is 26.9. The summed E-state index contributed by atoms with van der Waals surface area (Å²) in [7, 11) is 0. The predicted molar refractivity (Wildman–Crippen MR) is 101 cm³/mol. The normalized spacial score (nSPS) is 16.2. The van der Waals surface area contributed by atoms with Crippen LogP contribution in [0.3, 0.4) is 0 Å². The first-order valence-electron chi connectivity index (χ1n) is 8.46. The van der Waals surface area contributed by atoms with Gasteiger partial charge in [-0.15, -0.1) is 0 Å². The predicted octanol–water partition coefficient (Wildman–Crippen LogP) is 5.78. The molecule has 134 valence electrons. The second-order valence-corrected chi connectivity index (χ2v) is 7.07. The van der Waals surface area contributed by atoms with Crippen molar-refractivity contribution < 1.29 is 13.6 Å². The van der Waals surface area contributed by atoms with Crippen molar-refractivity contribution in [2.45, 2.75) is 39.0 Å². The van der Waals surface area contributed by atoms with Crippen molar-refractivity contribution in [2.75, 3.05) is 0 Å². The van der Waals surface area contributed by atoms with Gasteiger partial charge in [-0.3, -0.25) is 4.79 Å². The van der Waals surface area contributed by atoms with E-state index >= 15 is 0 Å². The van der Waals surface area contributed by atoms with Crippen LogP contribution in [0.1, 0.15) is 44.6 Å². The summed E-state index contributed by atoms with van der Waals surface area (Å²) in [5, 5.41) is 5.03. The van der Waals surface area contributed by atoms with Crippen LogP contribution in [-0.2, 0) is 4.79 Å². The summed E-state index contributed by atoms with van der Waals surface area (Å²) in [4.78, 5) is 12.7. The van der Waals surface area contributed by atoms with E-state index in [4.69, 9.17) is 0 Å². The molecule has 1 aromatic rings. The first-order chi connectivity index (χ1) is 12.0. The van der Waals surface area contributed by atoms with Gasteiger partial charge >= 0.3 is 0 Å². The highest BCUT2D eigenvalue weighted by atomic mass is 32.2. The van der Waals surface area contributed by atoms with Crippen molar-refractivity contribution in [1.82, 2.24) is 5.32 Å². The molecule has 1 amide bonds.